The second-order valence-electron chi connectivity index (χ2n) is 0.682. The van der Waals surface area contributed by atoms with Gasteiger partial charge in [-0.1, -0.05) is 7.43 Å². The summed E-state index contributed by atoms with van der Waals surface area (Å²) < 4.78 is 18.8. The molecule has 0 aromatic heterocycles. The summed E-state index contributed by atoms with van der Waals surface area (Å²) in [6.07, 6.45) is 0.925. The Morgan fingerprint density at radius 1 is 1.25 bits per heavy atom. The van der Waals surface area contributed by atoms with Gasteiger partial charge in [-0.05, 0) is 0 Å². The molecule has 56 valence electrons. The van der Waals surface area contributed by atoms with Crippen molar-refractivity contribution in [3.05, 3.63) is 0 Å². The summed E-state index contributed by atoms with van der Waals surface area (Å²) in [4.78, 5) is 0. The predicted octanol–water partition coefficient (Wildman–Crippen LogP) is 1.66. The molecular formula is C2H9Cl3O2S. The Bertz CT molecular complexity index is 98.5. The Kier molecular flexibility index (Phi) is 22.7. The van der Waals surface area contributed by atoms with Gasteiger partial charge in [0.15, 0.2) is 0 Å². The third-order valence-electron chi connectivity index (χ3n) is 0. The van der Waals surface area contributed by atoms with Gasteiger partial charge in [-0.3, -0.25) is 0 Å². The molecular weight excluding hydrogens is 194 g/mol. The molecule has 0 unspecified atom stereocenters. The summed E-state index contributed by atoms with van der Waals surface area (Å²) in [6, 6.07) is 0. The highest BCUT2D eigenvalue weighted by molar-refractivity contribution is 8.13. The highest BCUT2D eigenvalue weighted by Gasteiger charge is 1.83. The van der Waals surface area contributed by atoms with Gasteiger partial charge in [-0.2, -0.15) is 0 Å². The second kappa shape index (κ2) is 7.82. The van der Waals surface area contributed by atoms with E-state index < -0.39 is 9.05 Å². The van der Waals surface area contributed by atoms with Crippen molar-refractivity contribution >= 4 is 44.5 Å². The van der Waals surface area contributed by atoms with Crippen molar-refractivity contribution < 1.29 is 8.42 Å². The maximum atomic E-state index is 9.40. The van der Waals surface area contributed by atoms with Gasteiger partial charge in [0.2, 0.25) is 9.05 Å². The fourth-order valence-electron chi connectivity index (χ4n) is 0. The van der Waals surface area contributed by atoms with Crippen LogP contribution in [0, 0.1) is 0 Å². The third kappa shape index (κ3) is 344. The van der Waals surface area contributed by atoms with Crippen LogP contribution in [0.1, 0.15) is 7.43 Å². The smallest absolute Gasteiger partial charge is 0.213 e. The topological polar surface area (TPSA) is 34.1 Å². The van der Waals surface area contributed by atoms with Gasteiger partial charge in [-0.25, -0.2) is 8.42 Å². The quantitative estimate of drug-likeness (QED) is 0.561. The first kappa shape index (κ1) is 23.2. The molecule has 0 radical (unpaired) electrons. The fourth-order valence-corrected chi connectivity index (χ4v) is 0. The van der Waals surface area contributed by atoms with E-state index in [1.165, 1.54) is 0 Å². The monoisotopic (exact) mass is 202 g/mol. The first-order chi connectivity index (χ1) is 2.00. The van der Waals surface area contributed by atoms with Crippen LogP contribution in [0.4, 0.5) is 0 Å². The molecule has 0 bridgehead atoms. The summed E-state index contributed by atoms with van der Waals surface area (Å²) in [5, 5.41) is 0. The minimum atomic E-state index is -3.19. The van der Waals surface area contributed by atoms with Crippen LogP contribution in [0.2, 0.25) is 0 Å². The van der Waals surface area contributed by atoms with Crippen molar-refractivity contribution in [1.29, 1.82) is 0 Å². The number of halogens is 3. The number of hydrogen-bond donors (Lipinski definition) is 0. The van der Waals surface area contributed by atoms with Crippen molar-refractivity contribution in [1.82, 2.24) is 0 Å². The van der Waals surface area contributed by atoms with Crippen LogP contribution < -0.4 is 0 Å². The Hall–Kier alpha value is 0.820. The Morgan fingerprint density at radius 2 is 1.25 bits per heavy atom. The average Bonchev–Trinajstić information content (AvgIpc) is 0.722. The van der Waals surface area contributed by atoms with E-state index in [2.05, 4.69) is 10.7 Å². The first-order valence-electron chi connectivity index (χ1n) is 0.896. The van der Waals surface area contributed by atoms with Gasteiger partial charge in [0, 0.05) is 10.7 Å². The van der Waals surface area contributed by atoms with E-state index in [0.717, 1.165) is 6.26 Å². The number of rotatable bonds is 0. The van der Waals surface area contributed by atoms with E-state index in [9.17, 15) is 8.42 Å². The lowest BCUT2D eigenvalue weighted by atomic mass is 12.0. The van der Waals surface area contributed by atoms with Crippen molar-refractivity contribution in [3.8, 4) is 0 Å². The van der Waals surface area contributed by atoms with Crippen LogP contribution in [0.5, 0.6) is 0 Å². The number of hydrogen-bond acceptors (Lipinski definition) is 2. The Morgan fingerprint density at radius 3 is 1.25 bits per heavy atom. The molecule has 0 saturated carbocycles. The summed E-state index contributed by atoms with van der Waals surface area (Å²) >= 11 is 0. The zero-order valence-corrected chi connectivity index (χ0v) is 6.62. The molecule has 0 fully saturated rings. The fraction of sp³-hybridized carbons (Fsp3) is 1.00. The summed E-state index contributed by atoms with van der Waals surface area (Å²) in [5.41, 5.74) is 0. The van der Waals surface area contributed by atoms with E-state index in [-0.39, 0.29) is 32.2 Å². The van der Waals surface area contributed by atoms with E-state index in [4.69, 9.17) is 0 Å². The lowest BCUT2D eigenvalue weighted by Gasteiger charge is -1.65. The summed E-state index contributed by atoms with van der Waals surface area (Å²) in [7, 11) is 1.31. The van der Waals surface area contributed by atoms with Gasteiger partial charge in [0.1, 0.15) is 0 Å². The van der Waals surface area contributed by atoms with Gasteiger partial charge in [0.25, 0.3) is 0 Å². The minimum absolute atomic E-state index is 0. The molecule has 0 N–H and O–H groups in total. The largest absolute Gasteiger partial charge is 0.229 e. The van der Waals surface area contributed by atoms with Crippen LogP contribution in [0.3, 0.4) is 0 Å². The summed E-state index contributed by atoms with van der Waals surface area (Å²) in [6.45, 7) is 0. The lowest BCUT2D eigenvalue weighted by Crippen LogP contribution is -1.76. The SMILES string of the molecule is C.CS(=O)(=O)Cl.Cl.Cl. The van der Waals surface area contributed by atoms with E-state index in [1.54, 1.807) is 0 Å². The lowest BCUT2D eigenvalue weighted by molar-refractivity contribution is 0.615. The molecule has 6 heteroatoms. The van der Waals surface area contributed by atoms with E-state index in [1.807, 2.05) is 0 Å². The molecule has 0 aliphatic heterocycles. The molecule has 0 aliphatic carbocycles. The summed E-state index contributed by atoms with van der Waals surface area (Å²) in [5.74, 6) is 0. The molecule has 0 heterocycles. The average molecular weight is 204 g/mol. The highest BCUT2D eigenvalue weighted by atomic mass is 35.7. The van der Waals surface area contributed by atoms with Crippen molar-refractivity contribution in [2.45, 2.75) is 7.43 Å². The van der Waals surface area contributed by atoms with Crippen molar-refractivity contribution in [2.75, 3.05) is 6.26 Å². The standard InChI is InChI=1S/CH3ClO2S.CH4.2ClH/c1-5(2,3)4;;;/h1H3;1H4;2*1H. The Labute approximate surface area is 66.8 Å². The maximum absolute atomic E-state index is 9.40. The van der Waals surface area contributed by atoms with Gasteiger partial charge in [0.05, 0.1) is 6.26 Å². The van der Waals surface area contributed by atoms with Gasteiger partial charge >= 0.3 is 0 Å². The molecule has 8 heavy (non-hydrogen) atoms. The highest BCUT2D eigenvalue weighted by Crippen LogP contribution is 1.83. The van der Waals surface area contributed by atoms with Crippen LogP contribution in [0.15, 0.2) is 0 Å². The molecule has 0 saturated heterocycles. The molecule has 0 aromatic carbocycles. The van der Waals surface area contributed by atoms with Crippen molar-refractivity contribution in [2.24, 2.45) is 0 Å². The van der Waals surface area contributed by atoms with Gasteiger partial charge in [-0.15, -0.1) is 24.8 Å². The molecule has 0 spiro atoms. The van der Waals surface area contributed by atoms with E-state index >= 15 is 0 Å². The minimum Gasteiger partial charge on any atom is -0.213 e. The third-order valence-corrected chi connectivity index (χ3v) is 0. The molecule has 0 aliphatic rings. The molecule has 0 rings (SSSR count). The van der Waals surface area contributed by atoms with Crippen LogP contribution >= 0.6 is 35.5 Å². The first-order valence-corrected chi connectivity index (χ1v) is 3.61. The van der Waals surface area contributed by atoms with Crippen LogP contribution in [0.25, 0.3) is 0 Å². The normalized spacial score (nSPS) is 7.25. The van der Waals surface area contributed by atoms with Crippen LogP contribution in [-0.4, -0.2) is 14.7 Å². The molecule has 0 aromatic rings. The Balaban J connectivity index is -0.0000000267. The van der Waals surface area contributed by atoms with Crippen molar-refractivity contribution in [3.63, 3.8) is 0 Å². The van der Waals surface area contributed by atoms with Crippen LogP contribution in [-0.2, 0) is 9.05 Å². The molecule has 0 amide bonds. The second-order valence-corrected chi connectivity index (χ2v) is 3.73. The van der Waals surface area contributed by atoms with E-state index in [0.29, 0.717) is 0 Å². The zero-order valence-electron chi connectivity index (χ0n) is 3.42. The zero-order chi connectivity index (χ0) is 4.50. The predicted molar refractivity (Wildman–Crippen MR) is 41.9 cm³/mol. The maximum Gasteiger partial charge on any atom is 0.229 e. The molecule has 0 atom stereocenters. The molecule has 2 nitrogen and oxygen atoms in total. The van der Waals surface area contributed by atoms with Gasteiger partial charge < -0.3 is 0 Å².